The molecule has 1 unspecified atom stereocenters. The molecule has 2 aromatic rings. The van der Waals surface area contributed by atoms with Crippen LogP contribution >= 0.6 is 27.5 Å². The zero-order valence-electron chi connectivity index (χ0n) is 10.0. The molecule has 0 spiro atoms. The maximum Gasteiger partial charge on any atom is 0.143 e. The number of aliphatic hydroxyl groups excluding tert-OH is 1. The lowest BCUT2D eigenvalue weighted by Crippen LogP contribution is -2.07. The van der Waals surface area contributed by atoms with Crippen LogP contribution < -0.4 is 0 Å². The molecule has 0 aromatic heterocycles. The van der Waals surface area contributed by atoms with Gasteiger partial charge in [-0.2, -0.15) is 0 Å². The summed E-state index contributed by atoms with van der Waals surface area (Å²) in [4.78, 5) is 0. The average Bonchev–Trinajstić information content (AvgIpc) is 2.39. The summed E-state index contributed by atoms with van der Waals surface area (Å²) in [5.74, 6) is -2.09. The molecule has 0 saturated carbocycles. The predicted molar refractivity (Wildman–Crippen MR) is 74.1 cm³/mol. The Morgan fingerprint density at radius 2 is 1.85 bits per heavy atom. The quantitative estimate of drug-likeness (QED) is 0.775. The summed E-state index contributed by atoms with van der Waals surface area (Å²) >= 11 is 8.76. The Hall–Kier alpha value is -1.04. The second-order valence-electron chi connectivity index (χ2n) is 4.21. The van der Waals surface area contributed by atoms with Crippen LogP contribution in [0.15, 0.2) is 34.8 Å². The lowest BCUT2D eigenvalue weighted by atomic mass is 10.0. The highest BCUT2D eigenvalue weighted by molar-refractivity contribution is 9.10. The normalized spacial score (nSPS) is 12.5. The summed E-state index contributed by atoms with van der Waals surface area (Å²) in [5.41, 5.74) is -0.0425. The van der Waals surface area contributed by atoms with Crippen LogP contribution in [0.5, 0.6) is 0 Å². The maximum atomic E-state index is 13.8. The van der Waals surface area contributed by atoms with E-state index in [0.29, 0.717) is 0 Å². The first-order valence-electron chi connectivity index (χ1n) is 5.65. The van der Waals surface area contributed by atoms with E-state index in [9.17, 15) is 18.3 Å². The number of hydrogen-bond donors (Lipinski definition) is 1. The molecule has 106 valence electrons. The van der Waals surface area contributed by atoms with Crippen LogP contribution in [0.1, 0.15) is 17.2 Å². The summed E-state index contributed by atoms with van der Waals surface area (Å²) in [6.07, 6.45) is -1.54. The summed E-state index contributed by atoms with van der Waals surface area (Å²) in [6.45, 7) is 0. The van der Waals surface area contributed by atoms with Crippen molar-refractivity contribution < 1.29 is 18.3 Å². The molecule has 0 fully saturated rings. The summed E-state index contributed by atoms with van der Waals surface area (Å²) in [7, 11) is 0. The van der Waals surface area contributed by atoms with Gasteiger partial charge < -0.3 is 5.11 Å². The summed E-state index contributed by atoms with van der Waals surface area (Å²) < 4.78 is 40.4. The summed E-state index contributed by atoms with van der Waals surface area (Å²) in [5, 5.41) is 10.0. The van der Waals surface area contributed by atoms with E-state index in [2.05, 4.69) is 15.9 Å². The number of halogens is 5. The van der Waals surface area contributed by atoms with Crippen molar-refractivity contribution in [3.63, 3.8) is 0 Å². The van der Waals surface area contributed by atoms with Gasteiger partial charge in [-0.3, -0.25) is 0 Å². The van der Waals surface area contributed by atoms with E-state index < -0.39 is 23.6 Å². The van der Waals surface area contributed by atoms with Crippen molar-refractivity contribution in [3.05, 3.63) is 68.4 Å². The molecule has 0 aliphatic carbocycles. The number of benzene rings is 2. The molecule has 0 amide bonds. The molecule has 6 heteroatoms. The van der Waals surface area contributed by atoms with Crippen molar-refractivity contribution in [2.75, 3.05) is 0 Å². The maximum absolute atomic E-state index is 13.8. The van der Waals surface area contributed by atoms with Gasteiger partial charge in [-0.05, 0) is 45.8 Å². The molecule has 20 heavy (non-hydrogen) atoms. The molecule has 0 saturated heterocycles. The first kappa shape index (κ1) is 15.4. The van der Waals surface area contributed by atoms with Gasteiger partial charge in [0.1, 0.15) is 17.5 Å². The van der Waals surface area contributed by atoms with E-state index in [4.69, 9.17) is 11.6 Å². The Labute approximate surface area is 127 Å². The van der Waals surface area contributed by atoms with Crippen molar-refractivity contribution in [3.8, 4) is 0 Å². The number of rotatable bonds is 3. The molecule has 2 aromatic carbocycles. The second-order valence-corrected chi connectivity index (χ2v) is 5.47. The lowest BCUT2D eigenvalue weighted by Gasteiger charge is -2.14. The molecule has 1 atom stereocenters. The van der Waals surface area contributed by atoms with Crippen molar-refractivity contribution in [2.24, 2.45) is 0 Å². The fourth-order valence-electron chi connectivity index (χ4n) is 1.83. The molecular formula is C14H9BrClF3O. The molecule has 1 nitrogen and oxygen atoms in total. The van der Waals surface area contributed by atoms with Crippen LogP contribution in [-0.2, 0) is 6.42 Å². The minimum absolute atomic E-state index is 0.00770. The summed E-state index contributed by atoms with van der Waals surface area (Å²) in [6, 6.07) is 5.79. The van der Waals surface area contributed by atoms with Crippen molar-refractivity contribution in [1.29, 1.82) is 0 Å². The molecule has 2 rings (SSSR count). The van der Waals surface area contributed by atoms with Gasteiger partial charge in [0.2, 0.25) is 0 Å². The highest BCUT2D eigenvalue weighted by atomic mass is 79.9. The van der Waals surface area contributed by atoms with E-state index in [1.807, 2.05) is 0 Å². The van der Waals surface area contributed by atoms with E-state index in [1.165, 1.54) is 12.1 Å². The number of hydrogen-bond acceptors (Lipinski definition) is 1. The van der Waals surface area contributed by atoms with Crippen LogP contribution in [0.2, 0.25) is 5.02 Å². The first-order chi connectivity index (χ1) is 9.40. The SMILES string of the molecule is OC(Cc1c(F)ccc(Br)c1F)c1ccc(F)cc1Cl. The van der Waals surface area contributed by atoms with Gasteiger partial charge >= 0.3 is 0 Å². The third-order valence-electron chi connectivity index (χ3n) is 2.86. The van der Waals surface area contributed by atoms with E-state index >= 15 is 0 Å². The lowest BCUT2D eigenvalue weighted by molar-refractivity contribution is 0.175. The predicted octanol–water partition coefficient (Wildman–Crippen LogP) is 4.80. The van der Waals surface area contributed by atoms with Gasteiger partial charge in [0.15, 0.2) is 0 Å². The van der Waals surface area contributed by atoms with E-state index in [1.54, 1.807) is 0 Å². The third-order valence-corrected chi connectivity index (χ3v) is 3.80. The Morgan fingerprint density at radius 1 is 1.15 bits per heavy atom. The Morgan fingerprint density at radius 3 is 2.50 bits per heavy atom. The highest BCUT2D eigenvalue weighted by Crippen LogP contribution is 2.30. The van der Waals surface area contributed by atoms with Crippen LogP contribution in [0.3, 0.4) is 0 Å². The molecule has 0 bridgehead atoms. The Balaban J connectivity index is 2.32. The molecule has 1 N–H and O–H groups in total. The van der Waals surface area contributed by atoms with Crippen LogP contribution in [-0.4, -0.2) is 5.11 Å². The highest BCUT2D eigenvalue weighted by Gasteiger charge is 2.19. The van der Waals surface area contributed by atoms with Crippen LogP contribution in [0.4, 0.5) is 13.2 Å². The standard InChI is InChI=1S/C14H9BrClF3O/c15-10-3-4-12(18)9(14(10)19)6-13(20)8-2-1-7(17)5-11(8)16/h1-5,13,20H,6H2. The van der Waals surface area contributed by atoms with Gasteiger partial charge in [0.25, 0.3) is 0 Å². The molecule has 0 aliphatic rings. The zero-order valence-corrected chi connectivity index (χ0v) is 12.4. The first-order valence-corrected chi connectivity index (χ1v) is 6.82. The van der Waals surface area contributed by atoms with E-state index in [-0.39, 0.29) is 27.0 Å². The Kier molecular flexibility index (Phi) is 4.73. The van der Waals surface area contributed by atoms with Gasteiger partial charge in [0.05, 0.1) is 10.6 Å². The van der Waals surface area contributed by atoms with Crippen molar-refractivity contribution in [1.82, 2.24) is 0 Å². The van der Waals surface area contributed by atoms with Crippen LogP contribution in [0, 0.1) is 17.5 Å². The average molecular weight is 366 g/mol. The zero-order chi connectivity index (χ0) is 14.9. The molecular weight excluding hydrogens is 357 g/mol. The number of aliphatic hydroxyl groups is 1. The van der Waals surface area contributed by atoms with Gasteiger partial charge in [0, 0.05) is 17.0 Å². The van der Waals surface area contributed by atoms with Gasteiger partial charge in [-0.15, -0.1) is 0 Å². The fourth-order valence-corrected chi connectivity index (χ4v) is 2.50. The molecule has 0 heterocycles. The third kappa shape index (κ3) is 3.16. The molecule has 0 radical (unpaired) electrons. The Bertz CT molecular complexity index is 649. The molecule has 0 aliphatic heterocycles. The van der Waals surface area contributed by atoms with Crippen LogP contribution in [0.25, 0.3) is 0 Å². The minimum atomic E-state index is -1.23. The van der Waals surface area contributed by atoms with E-state index in [0.717, 1.165) is 18.2 Å². The second kappa shape index (κ2) is 6.16. The van der Waals surface area contributed by atoms with Gasteiger partial charge in [-0.1, -0.05) is 17.7 Å². The minimum Gasteiger partial charge on any atom is -0.388 e. The largest absolute Gasteiger partial charge is 0.388 e. The monoisotopic (exact) mass is 364 g/mol. The van der Waals surface area contributed by atoms with Crippen molar-refractivity contribution in [2.45, 2.75) is 12.5 Å². The van der Waals surface area contributed by atoms with Crippen molar-refractivity contribution >= 4 is 27.5 Å². The fraction of sp³-hybridized carbons (Fsp3) is 0.143. The van der Waals surface area contributed by atoms with Gasteiger partial charge in [-0.25, -0.2) is 13.2 Å². The topological polar surface area (TPSA) is 20.2 Å². The smallest absolute Gasteiger partial charge is 0.143 e.